The van der Waals surface area contributed by atoms with Crippen molar-refractivity contribution < 1.29 is 14.3 Å². The van der Waals surface area contributed by atoms with Gasteiger partial charge >= 0.3 is 5.97 Å². The molecule has 1 aliphatic carbocycles. The van der Waals surface area contributed by atoms with Crippen molar-refractivity contribution in [1.82, 2.24) is 4.90 Å². The van der Waals surface area contributed by atoms with Crippen molar-refractivity contribution in [3.63, 3.8) is 0 Å². The van der Waals surface area contributed by atoms with E-state index in [0.29, 0.717) is 18.9 Å². The molecule has 1 amide bonds. The second kappa shape index (κ2) is 5.51. The van der Waals surface area contributed by atoms with Crippen molar-refractivity contribution in [2.24, 2.45) is 5.92 Å². The number of amides is 1. The summed E-state index contributed by atoms with van der Waals surface area (Å²) in [4.78, 5) is 26.1. The fraction of sp³-hybridized carbons (Fsp3) is 0.867. The lowest BCUT2D eigenvalue weighted by molar-refractivity contribution is -0.163. The molecule has 2 aliphatic rings. The number of carbonyl (C=O) groups excluding carboxylic acids is 2. The van der Waals surface area contributed by atoms with Crippen LogP contribution in [0.3, 0.4) is 0 Å². The molecule has 0 unspecified atom stereocenters. The minimum atomic E-state index is -0.484. The number of likely N-dealkylation sites (tertiary alicyclic amines) is 1. The molecule has 1 heterocycles. The second-order valence-electron chi connectivity index (χ2n) is 6.78. The number of hydrogen-bond acceptors (Lipinski definition) is 3. The Morgan fingerprint density at radius 3 is 2.37 bits per heavy atom. The Hall–Kier alpha value is -1.06. The van der Waals surface area contributed by atoms with Crippen molar-refractivity contribution in [1.29, 1.82) is 0 Å². The number of nitrogens with zero attached hydrogens (tertiary/aromatic N) is 1. The van der Waals surface area contributed by atoms with Gasteiger partial charge in [0.25, 0.3) is 0 Å². The quantitative estimate of drug-likeness (QED) is 0.738. The highest BCUT2D eigenvalue weighted by Crippen LogP contribution is 2.31. The molecule has 0 radical (unpaired) electrons. The van der Waals surface area contributed by atoms with Gasteiger partial charge in [0.2, 0.25) is 5.91 Å². The van der Waals surface area contributed by atoms with Crippen LogP contribution in [0.5, 0.6) is 0 Å². The summed E-state index contributed by atoms with van der Waals surface area (Å²) in [7, 11) is 0. The molecule has 2 fully saturated rings. The minimum Gasteiger partial charge on any atom is -0.458 e. The molecule has 0 N–H and O–H groups in total. The Balaban J connectivity index is 1.91. The van der Waals surface area contributed by atoms with Crippen LogP contribution in [0.15, 0.2) is 0 Å². The van der Waals surface area contributed by atoms with E-state index in [-0.39, 0.29) is 17.9 Å². The second-order valence-corrected chi connectivity index (χ2v) is 6.78. The monoisotopic (exact) mass is 267 g/mol. The Kier molecular flexibility index (Phi) is 4.16. The zero-order valence-corrected chi connectivity index (χ0v) is 12.3. The number of hydrogen-bond donors (Lipinski definition) is 0. The molecule has 0 bridgehead atoms. The first-order valence-electron chi connectivity index (χ1n) is 7.39. The van der Waals surface area contributed by atoms with Gasteiger partial charge in [-0.05, 0) is 52.4 Å². The number of rotatable bonds is 3. The van der Waals surface area contributed by atoms with E-state index in [0.717, 1.165) is 25.7 Å². The molecule has 1 aliphatic heterocycles. The van der Waals surface area contributed by atoms with Gasteiger partial charge in [0, 0.05) is 13.0 Å². The molecule has 0 aromatic rings. The molecule has 0 aromatic carbocycles. The van der Waals surface area contributed by atoms with E-state index in [2.05, 4.69) is 0 Å². The minimum absolute atomic E-state index is 0.137. The molecule has 1 saturated carbocycles. The highest BCUT2D eigenvalue weighted by Gasteiger charge is 2.37. The molecule has 4 heteroatoms. The maximum atomic E-state index is 12.2. The molecule has 4 nitrogen and oxygen atoms in total. The topological polar surface area (TPSA) is 46.6 Å². The summed E-state index contributed by atoms with van der Waals surface area (Å²) < 4.78 is 5.41. The lowest BCUT2D eigenvalue weighted by Gasteiger charge is -2.30. The molecule has 1 atom stereocenters. The van der Waals surface area contributed by atoms with Gasteiger partial charge in [-0.2, -0.15) is 0 Å². The Labute approximate surface area is 115 Å². The van der Waals surface area contributed by atoms with Crippen LogP contribution in [-0.2, 0) is 14.3 Å². The lowest BCUT2D eigenvalue weighted by Crippen LogP contribution is -2.44. The summed E-state index contributed by atoms with van der Waals surface area (Å²) in [6, 6.07) is -0.355. The molecular formula is C15H25NO3. The molecule has 1 saturated heterocycles. The van der Waals surface area contributed by atoms with Crippen molar-refractivity contribution in [3.05, 3.63) is 0 Å². The zero-order valence-electron chi connectivity index (χ0n) is 12.3. The first kappa shape index (κ1) is 14.4. The molecule has 0 aromatic heterocycles. The van der Waals surface area contributed by atoms with E-state index in [9.17, 15) is 9.59 Å². The highest BCUT2D eigenvalue weighted by molar-refractivity contribution is 5.85. The summed E-state index contributed by atoms with van der Waals surface area (Å²) in [5.41, 5.74) is -0.484. The van der Waals surface area contributed by atoms with E-state index in [1.54, 1.807) is 4.90 Å². The number of ether oxygens (including phenoxy) is 1. The van der Waals surface area contributed by atoms with Crippen molar-refractivity contribution in [2.45, 2.75) is 70.9 Å². The average molecular weight is 267 g/mol. The van der Waals surface area contributed by atoms with Gasteiger partial charge in [-0.25, -0.2) is 4.79 Å². The van der Waals surface area contributed by atoms with E-state index in [4.69, 9.17) is 4.74 Å². The van der Waals surface area contributed by atoms with Crippen LogP contribution in [0.1, 0.15) is 59.3 Å². The van der Waals surface area contributed by atoms with Gasteiger partial charge in [-0.1, -0.05) is 6.42 Å². The molecule has 108 valence electrons. The van der Waals surface area contributed by atoms with Gasteiger partial charge in [0.15, 0.2) is 0 Å². The smallest absolute Gasteiger partial charge is 0.329 e. The molecule has 0 spiro atoms. The Bertz CT molecular complexity index is 355. The van der Waals surface area contributed by atoms with Crippen LogP contribution in [0, 0.1) is 5.92 Å². The predicted octanol–water partition coefficient (Wildman–Crippen LogP) is 2.51. The highest BCUT2D eigenvalue weighted by atomic mass is 16.6. The van der Waals surface area contributed by atoms with Crippen LogP contribution in [0.2, 0.25) is 0 Å². The fourth-order valence-electron chi connectivity index (χ4n) is 2.74. The maximum Gasteiger partial charge on any atom is 0.329 e. The normalized spacial score (nSPS) is 24.2. The van der Waals surface area contributed by atoms with Crippen molar-refractivity contribution >= 4 is 11.9 Å². The Morgan fingerprint density at radius 2 is 1.84 bits per heavy atom. The third-order valence-corrected chi connectivity index (χ3v) is 3.94. The van der Waals surface area contributed by atoms with E-state index in [1.807, 2.05) is 20.8 Å². The van der Waals surface area contributed by atoms with Crippen LogP contribution in [0.25, 0.3) is 0 Å². The Morgan fingerprint density at radius 1 is 1.16 bits per heavy atom. The van der Waals surface area contributed by atoms with E-state index in [1.165, 1.54) is 6.42 Å². The first-order chi connectivity index (χ1) is 8.87. The van der Waals surface area contributed by atoms with Crippen LogP contribution >= 0.6 is 0 Å². The first-order valence-corrected chi connectivity index (χ1v) is 7.39. The number of esters is 1. The predicted molar refractivity (Wildman–Crippen MR) is 72.5 cm³/mol. The van der Waals surface area contributed by atoms with Gasteiger partial charge in [-0.3, -0.25) is 4.79 Å². The maximum absolute atomic E-state index is 12.2. The summed E-state index contributed by atoms with van der Waals surface area (Å²) in [5.74, 6) is 0.442. The molecular weight excluding hydrogens is 242 g/mol. The third kappa shape index (κ3) is 3.71. The zero-order chi connectivity index (χ0) is 14.0. The summed E-state index contributed by atoms with van der Waals surface area (Å²) >= 11 is 0. The van der Waals surface area contributed by atoms with Gasteiger partial charge in [-0.15, -0.1) is 0 Å². The van der Waals surface area contributed by atoms with Crippen LogP contribution < -0.4 is 0 Å². The lowest BCUT2D eigenvalue weighted by atomic mass is 9.82. The third-order valence-electron chi connectivity index (χ3n) is 3.94. The molecule has 19 heavy (non-hydrogen) atoms. The van der Waals surface area contributed by atoms with E-state index >= 15 is 0 Å². The molecule has 2 rings (SSSR count). The van der Waals surface area contributed by atoms with Crippen LogP contribution in [0.4, 0.5) is 0 Å². The standard InChI is InChI=1S/C15H25NO3/c1-15(2,3)19-14(18)12-8-5-9-16(12)13(17)10-11-6-4-7-11/h11-12H,4-10H2,1-3H3/t12-/m0/s1. The van der Waals surface area contributed by atoms with Gasteiger partial charge < -0.3 is 9.64 Å². The summed E-state index contributed by atoms with van der Waals surface area (Å²) in [6.45, 7) is 6.29. The van der Waals surface area contributed by atoms with Crippen molar-refractivity contribution in [2.75, 3.05) is 6.54 Å². The SMILES string of the molecule is CC(C)(C)OC(=O)[C@@H]1CCCN1C(=O)CC1CCC1. The summed E-state index contributed by atoms with van der Waals surface area (Å²) in [5, 5.41) is 0. The summed E-state index contributed by atoms with van der Waals surface area (Å²) in [6.07, 6.45) is 5.83. The van der Waals surface area contributed by atoms with E-state index < -0.39 is 5.60 Å². The number of carbonyl (C=O) groups is 2. The average Bonchev–Trinajstić information content (AvgIpc) is 2.69. The van der Waals surface area contributed by atoms with Gasteiger partial charge in [0.05, 0.1) is 0 Å². The fourth-order valence-corrected chi connectivity index (χ4v) is 2.74. The van der Waals surface area contributed by atoms with Crippen LogP contribution in [-0.4, -0.2) is 35.0 Å². The largest absolute Gasteiger partial charge is 0.458 e. The van der Waals surface area contributed by atoms with Gasteiger partial charge in [0.1, 0.15) is 11.6 Å². The van der Waals surface area contributed by atoms with Crippen molar-refractivity contribution in [3.8, 4) is 0 Å².